The molecule has 5 nitrogen and oxygen atoms in total. The van der Waals surface area contributed by atoms with Gasteiger partial charge in [0.25, 0.3) is 0 Å². The van der Waals surface area contributed by atoms with Crippen molar-refractivity contribution in [3.05, 3.63) is 42.5 Å². The molecule has 1 aliphatic heterocycles. The minimum absolute atomic E-state index is 0.0359. The highest BCUT2D eigenvalue weighted by Gasteiger charge is 2.25. The maximum atomic E-state index is 12.3. The van der Waals surface area contributed by atoms with E-state index < -0.39 is 5.97 Å². The zero-order valence-electron chi connectivity index (χ0n) is 15.2. The van der Waals surface area contributed by atoms with E-state index in [1.807, 2.05) is 41.3 Å². The molecule has 1 aromatic rings. The van der Waals surface area contributed by atoms with Crippen LogP contribution >= 0.6 is 23.5 Å². The first-order valence-electron chi connectivity index (χ1n) is 9.10. The molecule has 0 radical (unpaired) electrons. The Morgan fingerprint density at radius 2 is 2.00 bits per heavy atom. The van der Waals surface area contributed by atoms with Crippen molar-refractivity contribution in [2.24, 2.45) is 0 Å². The van der Waals surface area contributed by atoms with Crippen molar-refractivity contribution in [2.45, 2.75) is 43.0 Å². The van der Waals surface area contributed by atoms with E-state index in [-0.39, 0.29) is 23.5 Å². The number of carbonyl (C=O) groups is 3. The van der Waals surface area contributed by atoms with Crippen LogP contribution in [0.4, 0.5) is 0 Å². The van der Waals surface area contributed by atoms with Crippen molar-refractivity contribution in [3.8, 4) is 0 Å². The Morgan fingerprint density at radius 1 is 1.22 bits per heavy atom. The maximum Gasteiger partial charge on any atom is 0.303 e. The van der Waals surface area contributed by atoms with Gasteiger partial charge >= 0.3 is 5.97 Å². The Balaban J connectivity index is 1.80. The third-order valence-corrected chi connectivity index (χ3v) is 6.08. The molecule has 0 aliphatic carbocycles. The number of amides is 1. The molecule has 27 heavy (non-hydrogen) atoms. The van der Waals surface area contributed by atoms with E-state index in [9.17, 15) is 14.4 Å². The lowest BCUT2D eigenvalue weighted by Crippen LogP contribution is -2.43. The van der Waals surface area contributed by atoms with E-state index in [0.717, 1.165) is 29.2 Å². The maximum absolute atomic E-state index is 12.3. The largest absolute Gasteiger partial charge is 0.481 e. The predicted octanol–water partition coefficient (Wildman–Crippen LogP) is 3.84. The van der Waals surface area contributed by atoms with Gasteiger partial charge in [0.2, 0.25) is 11.0 Å². The number of carboxylic acids is 1. The topological polar surface area (TPSA) is 74.7 Å². The van der Waals surface area contributed by atoms with Crippen LogP contribution in [-0.2, 0) is 14.4 Å². The smallest absolute Gasteiger partial charge is 0.303 e. The number of carbonyl (C=O) groups excluding carboxylic acids is 2. The third kappa shape index (κ3) is 8.22. The summed E-state index contributed by atoms with van der Waals surface area (Å²) < 4.78 is 0. The molecule has 0 spiro atoms. The quantitative estimate of drug-likeness (QED) is 0.361. The fourth-order valence-corrected chi connectivity index (χ4v) is 4.41. The van der Waals surface area contributed by atoms with Gasteiger partial charge in [0.05, 0.1) is 6.04 Å². The average molecular weight is 408 g/mol. The number of thioether (sulfide) groups is 2. The number of hydrogen-bond acceptors (Lipinski definition) is 5. The summed E-state index contributed by atoms with van der Waals surface area (Å²) in [4.78, 5) is 37.7. The molecule has 1 heterocycles. The van der Waals surface area contributed by atoms with Crippen LogP contribution in [0, 0.1) is 0 Å². The van der Waals surface area contributed by atoms with Gasteiger partial charge in [-0.05, 0) is 55.0 Å². The van der Waals surface area contributed by atoms with Crippen LogP contribution in [0.5, 0.6) is 0 Å². The number of benzene rings is 1. The number of nitrogens with zero attached hydrogens (tertiary/aromatic N) is 1. The van der Waals surface area contributed by atoms with Gasteiger partial charge in [-0.1, -0.05) is 24.3 Å². The van der Waals surface area contributed by atoms with Gasteiger partial charge in [-0.2, -0.15) is 11.8 Å². The molecule has 0 unspecified atom stereocenters. The van der Waals surface area contributed by atoms with E-state index in [1.54, 1.807) is 17.8 Å². The van der Waals surface area contributed by atoms with Crippen LogP contribution in [-0.4, -0.2) is 51.1 Å². The summed E-state index contributed by atoms with van der Waals surface area (Å²) in [6.07, 6.45) is 6.52. The zero-order valence-corrected chi connectivity index (χ0v) is 16.8. The van der Waals surface area contributed by atoms with Crippen LogP contribution in [0.25, 0.3) is 0 Å². The minimum atomic E-state index is -0.773. The molecule has 7 heteroatoms. The van der Waals surface area contributed by atoms with Gasteiger partial charge < -0.3 is 10.0 Å². The summed E-state index contributed by atoms with van der Waals surface area (Å²) in [7, 11) is 0. The van der Waals surface area contributed by atoms with E-state index in [0.29, 0.717) is 19.4 Å². The Hall–Kier alpha value is -1.73. The van der Waals surface area contributed by atoms with Crippen LogP contribution in [0.1, 0.15) is 32.1 Å². The predicted molar refractivity (Wildman–Crippen MR) is 110 cm³/mol. The summed E-state index contributed by atoms with van der Waals surface area (Å²) in [5, 5.41) is 8.60. The highest BCUT2D eigenvalue weighted by atomic mass is 32.2. The van der Waals surface area contributed by atoms with E-state index in [4.69, 9.17) is 5.11 Å². The fraction of sp³-hybridized carbons (Fsp3) is 0.450. The first-order chi connectivity index (χ1) is 13.1. The molecule has 0 saturated carbocycles. The van der Waals surface area contributed by atoms with Crippen LogP contribution in [0.15, 0.2) is 47.4 Å². The third-order valence-electron chi connectivity index (χ3n) is 4.18. The summed E-state index contributed by atoms with van der Waals surface area (Å²) in [6, 6.07) is 9.47. The van der Waals surface area contributed by atoms with E-state index >= 15 is 0 Å². The van der Waals surface area contributed by atoms with Crippen molar-refractivity contribution in [1.82, 2.24) is 4.90 Å². The molecule has 1 N–H and O–H groups in total. The highest BCUT2D eigenvalue weighted by Crippen LogP contribution is 2.22. The van der Waals surface area contributed by atoms with Gasteiger partial charge in [0.1, 0.15) is 0 Å². The summed E-state index contributed by atoms with van der Waals surface area (Å²) in [5.41, 5.74) is 0. The molecule has 1 aromatic carbocycles. The van der Waals surface area contributed by atoms with Crippen molar-refractivity contribution < 1.29 is 19.5 Å². The standard InChI is InChI=1S/C20H25NO4S2/c22-18-9-4-6-16(21(18)13-15-26-14-5-10-19(23)24)11-12-20(25)27-17-7-2-1-3-8-17/h1-3,7-8,11-12,16H,4-6,9-10,13-15H2,(H,23,24)/t16-/m1/s1. The monoisotopic (exact) mass is 407 g/mol. The van der Waals surface area contributed by atoms with Crippen molar-refractivity contribution in [3.63, 3.8) is 0 Å². The van der Waals surface area contributed by atoms with Gasteiger partial charge in [-0.15, -0.1) is 0 Å². The second-order valence-electron chi connectivity index (χ2n) is 6.25. The number of piperidine rings is 1. The molecule has 146 valence electrons. The molecule has 1 saturated heterocycles. The summed E-state index contributed by atoms with van der Waals surface area (Å²) in [5.74, 6) is 0.916. The lowest BCUT2D eigenvalue weighted by atomic mass is 10.0. The summed E-state index contributed by atoms with van der Waals surface area (Å²) in [6.45, 7) is 0.631. The molecule has 1 aliphatic rings. The molecule has 1 atom stereocenters. The van der Waals surface area contributed by atoms with Crippen molar-refractivity contribution in [1.29, 1.82) is 0 Å². The van der Waals surface area contributed by atoms with Crippen molar-refractivity contribution >= 4 is 40.5 Å². The average Bonchev–Trinajstić information content (AvgIpc) is 2.65. The SMILES string of the molecule is O=C(O)CCCSCCN1C(=O)CCC[C@@H]1C=CC(=O)Sc1ccccc1. The Labute approximate surface area is 168 Å². The number of aliphatic carboxylic acids is 1. The Kier molecular flexibility index (Phi) is 9.48. The normalized spacial score (nSPS) is 17.4. The second kappa shape index (κ2) is 11.9. The highest BCUT2D eigenvalue weighted by molar-refractivity contribution is 8.14. The van der Waals surface area contributed by atoms with Gasteiger partial charge in [0, 0.05) is 30.0 Å². The Morgan fingerprint density at radius 3 is 2.74 bits per heavy atom. The first-order valence-corrected chi connectivity index (χ1v) is 11.1. The first kappa shape index (κ1) is 21.6. The number of hydrogen-bond donors (Lipinski definition) is 1. The van der Waals surface area contributed by atoms with Gasteiger partial charge in [-0.25, -0.2) is 0 Å². The molecule has 0 aromatic heterocycles. The lowest BCUT2D eigenvalue weighted by molar-refractivity contribution is -0.137. The summed E-state index contributed by atoms with van der Waals surface area (Å²) >= 11 is 2.85. The van der Waals surface area contributed by atoms with Crippen molar-refractivity contribution in [2.75, 3.05) is 18.1 Å². The van der Waals surface area contributed by atoms with Crippen LogP contribution in [0.3, 0.4) is 0 Å². The molecule has 0 bridgehead atoms. The van der Waals surface area contributed by atoms with Gasteiger partial charge in [-0.3, -0.25) is 14.4 Å². The fourth-order valence-electron chi connectivity index (χ4n) is 2.86. The minimum Gasteiger partial charge on any atom is -0.481 e. The molecule has 2 rings (SSSR count). The van der Waals surface area contributed by atoms with Crippen LogP contribution < -0.4 is 0 Å². The van der Waals surface area contributed by atoms with Crippen LogP contribution in [0.2, 0.25) is 0 Å². The molecular weight excluding hydrogens is 382 g/mol. The van der Waals surface area contributed by atoms with E-state index in [2.05, 4.69) is 0 Å². The Bertz CT molecular complexity index is 663. The number of likely N-dealkylation sites (tertiary alicyclic amines) is 1. The molecular formula is C20H25NO4S2. The number of carboxylic acid groups (broad SMARTS) is 1. The number of rotatable bonds is 10. The molecule has 1 fully saturated rings. The van der Waals surface area contributed by atoms with Gasteiger partial charge in [0.15, 0.2) is 0 Å². The second-order valence-corrected chi connectivity index (χ2v) is 8.55. The van der Waals surface area contributed by atoms with E-state index in [1.165, 1.54) is 11.8 Å². The lowest BCUT2D eigenvalue weighted by Gasteiger charge is -2.34. The molecule has 1 amide bonds. The zero-order chi connectivity index (χ0) is 19.5.